The maximum absolute atomic E-state index is 13.0. The lowest BCUT2D eigenvalue weighted by Gasteiger charge is -2.29. The monoisotopic (exact) mass is 489 g/mol. The van der Waals surface area contributed by atoms with Crippen LogP contribution in [0.25, 0.3) is 11.3 Å². The third kappa shape index (κ3) is 4.60. The van der Waals surface area contributed by atoms with E-state index in [4.69, 9.17) is 14.2 Å². The van der Waals surface area contributed by atoms with Crippen LogP contribution in [-0.2, 0) is 14.8 Å². The first-order chi connectivity index (χ1) is 15.9. The summed E-state index contributed by atoms with van der Waals surface area (Å²) < 4.78 is 44.4. The van der Waals surface area contributed by atoms with E-state index in [-0.39, 0.29) is 28.3 Å². The Kier molecular flexibility index (Phi) is 6.43. The van der Waals surface area contributed by atoms with Crippen molar-refractivity contribution in [2.75, 3.05) is 37.0 Å². The predicted octanol–water partition coefficient (Wildman–Crippen LogP) is 3.76. The van der Waals surface area contributed by atoms with Crippen LogP contribution < -0.4 is 23.8 Å². The second-order valence-electron chi connectivity index (χ2n) is 7.18. The minimum atomic E-state index is -3.98. The Morgan fingerprint density at radius 1 is 1.18 bits per heavy atom. The van der Waals surface area contributed by atoms with Crippen LogP contribution in [0.2, 0.25) is 0 Å². The lowest BCUT2D eigenvalue weighted by molar-refractivity contribution is -0.121. The third-order valence-corrected chi connectivity index (χ3v) is 7.28. The maximum Gasteiger partial charge on any atom is 0.267 e. The quantitative estimate of drug-likeness (QED) is 0.513. The molecule has 174 valence electrons. The molecule has 11 heteroatoms. The SMILES string of the molecule is CCCN1C(=O)COc2ccc(-c3csc(NS(=O)(=O)c4cc(OC)ccc4OC)n3)cc21. The van der Waals surface area contributed by atoms with Crippen molar-refractivity contribution in [3.05, 3.63) is 41.8 Å². The van der Waals surface area contributed by atoms with Crippen molar-refractivity contribution in [1.82, 2.24) is 4.98 Å². The zero-order valence-electron chi connectivity index (χ0n) is 18.3. The molecule has 0 bridgehead atoms. The van der Waals surface area contributed by atoms with Crippen LogP contribution in [0.1, 0.15) is 13.3 Å². The highest BCUT2D eigenvalue weighted by Crippen LogP contribution is 2.37. The zero-order valence-corrected chi connectivity index (χ0v) is 20.0. The van der Waals surface area contributed by atoms with Gasteiger partial charge in [-0.25, -0.2) is 13.4 Å². The zero-order chi connectivity index (χ0) is 23.6. The van der Waals surface area contributed by atoms with Crippen LogP contribution in [0.5, 0.6) is 17.2 Å². The van der Waals surface area contributed by atoms with Gasteiger partial charge in [0, 0.05) is 23.6 Å². The molecule has 1 aliphatic heterocycles. The second-order valence-corrected chi connectivity index (χ2v) is 9.69. The highest BCUT2D eigenvalue weighted by atomic mass is 32.2. The topological polar surface area (TPSA) is 107 Å². The van der Waals surface area contributed by atoms with Crippen molar-refractivity contribution < 1.29 is 27.4 Å². The molecular formula is C22H23N3O6S2. The Morgan fingerprint density at radius 3 is 2.73 bits per heavy atom. The van der Waals surface area contributed by atoms with Gasteiger partial charge in [-0.05, 0) is 36.8 Å². The number of thiazole rings is 1. The Labute approximate surface area is 196 Å². The van der Waals surface area contributed by atoms with E-state index in [1.54, 1.807) is 22.4 Å². The molecule has 1 N–H and O–H groups in total. The number of benzene rings is 2. The van der Waals surface area contributed by atoms with Gasteiger partial charge in [0.05, 0.1) is 25.6 Å². The van der Waals surface area contributed by atoms with E-state index in [9.17, 15) is 13.2 Å². The number of carbonyl (C=O) groups excluding carboxylic acids is 1. The van der Waals surface area contributed by atoms with E-state index < -0.39 is 10.0 Å². The summed E-state index contributed by atoms with van der Waals surface area (Å²) in [7, 11) is -1.12. The van der Waals surface area contributed by atoms with Gasteiger partial charge < -0.3 is 19.1 Å². The average molecular weight is 490 g/mol. The fourth-order valence-corrected chi connectivity index (χ4v) is 5.61. The molecule has 0 atom stereocenters. The average Bonchev–Trinajstić information content (AvgIpc) is 3.28. The normalized spacial score (nSPS) is 13.3. The number of methoxy groups -OCH3 is 2. The maximum atomic E-state index is 13.0. The number of fused-ring (bicyclic) bond motifs is 1. The van der Waals surface area contributed by atoms with Crippen LogP contribution in [0.3, 0.4) is 0 Å². The van der Waals surface area contributed by atoms with Crippen molar-refractivity contribution >= 4 is 38.1 Å². The van der Waals surface area contributed by atoms with E-state index in [0.29, 0.717) is 29.4 Å². The molecule has 0 spiro atoms. The molecule has 2 heterocycles. The first kappa shape index (κ1) is 22.9. The number of carbonyl (C=O) groups is 1. The van der Waals surface area contributed by atoms with Crippen LogP contribution in [0, 0.1) is 0 Å². The Balaban J connectivity index is 1.62. The number of nitrogens with zero attached hydrogens (tertiary/aromatic N) is 2. The van der Waals surface area contributed by atoms with E-state index in [0.717, 1.165) is 23.3 Å². The number of sulfonamides is 1. The molecule has 0 unspecified atom stereocenters. The fraction of sp³-hybridized carbons (Fsp3) is 0.273. The molecule has 0 aliphatic carbocycles. The minimum absolute atomic E-state index is 0.0166. The molecule has 0 saturated carbocycles. The van der Waals surface area contributed by atoms with Gasteiger partial charge in [-0.2, -0.15) is 0 Å². The molecule has 4 rings (SSSR count). The van der Waals surface area contributed by atoms with Gasteiger partial charge in [-0.1, -0.05) is 6.92 Å². The van der Waals surface area contributed by atoms with E-state index >= 15 is 0 Å². The number of ether oxygens (including phenoxy) is 3. The number of hydrogen-bond donors (Lipinski definition) is 1. The Bertz CT molecular complexity index is 1290. The first-order valence-corrected chi connectivity index (χ1v) is 12.5. The largest absolute Gasteiger partial charge is 0.497 e. The smallest absolute Gasteiger partial charge is 0.267 e. The lowest BCUT2D eigenvalue weighted by Crippen LogP contribution is -2.39. The second kappa shape index (κ2) is 9.28. The van der Waals surface area contributed by atoms with Crippen molar-refractivity contribution in [3.8, 4) is 28.5 Å². The number of rotatable bonds is 8. The fourth-order valence-electron chi connectivity index (χ4n) is 3.45. The Morgan fingerprint density at radius 2 is 2.00 bits per heavy atom. The number of anilines is 2. The number of hydrogen-bond acceptors (Lipinski definition) is 8. The number of nitrogens with one attached hydrogen (secondary N) is 1. The number of amides is 1. The van der Waals surface area contributed by atoms with Gasteiger partial charge >= 0.3 is 0 Å². The van der Waals surface area contributed by atoms with Crippen molar-refractivity contribution in [1.29, 1.82) is 0 Å². The van der Waals surface area contributed by atoms with Crippen molar-refractivity contribution in [2.24, 2.45) is 0 Å². The van der Waals surface area contributed by atoms with Gasteiger partial charge in [0.25, 0.3) is 15.9 Å². The van der Waals surface area contributed by atoms with Gasteiger partial charge in [0.1, 0.15) is 22.1 Å². The van der Waals surface area contributed by atoms with E-state index in [1.165, 1.54) is 26.4 Å². The summed E-state index contributed by atoms with van der Waals surface area (Å²) in [6.07, 6.45) is 0.811. The van der Waals surface area contributed by atoms with Gasteiger partial charge in [-0.3, -0.25) is 9.52 Å². The molecule has 9 nitrogen and oxygen atoms in total. The van der Waals surface area contributed by atoms with Gasteiger partial charge in [0.15, 0.2) is 11.7 Å². The molecule has 1 amide bonds. The van der Waals surface area contributed by atoms with Crippen LogP contribution in [0.15, 0.2) is 46.7 Å². The highest BCUT2D eigenvalue weighted by Gasteiger charge is 2.26. The molecule has 1 aliphatic rings. The molecule has 1 aromatic heterocycles. The van der Waals surface area contributed by atoms with Gasteiger partial charge in [-0.15, -0.1) is 11.3 Å². The molecule has 0 fully saturated rings. The molecule has 0 radical (unpaired) electrons. The summed E-state index contributed by atoms with van der Waals surface area (Å²) in [6.45, 7) is 2.61. The summed E-state index contributed by atoms with van der Waals surface area (Å²) in [4.78, 5) is 18.4. The van der Waals surface area contributed by atoms with E-state index in [2.05, 4.69) is 9.71 Å². The summed E-state index contributed by atoms with van der Waals surface area (Å²) in [6, 6.07) is 9.99. The summed E-state index contributed by atoms with van der Waals surface area (Å²) in [5.41, 5.74) is 2.00. The molecule has 0 saturated heterocycles. The lowest BCUT2D eigenvalue weighted by atomic mass is 10.1. The minimum Gasteiger partial charge on any atom is -0.497 e. The van der Waals surface area contributed by atoms with Crippen LogP contribution in [0.4, 0.5) is 10.8 Å². The number of aromatic nitrogens is 1. The Hall–Kier alpha value is -3.31. The molecular weight excluding hydrogens is 466 g/mol. The molecule has 3 aromatic rings. The first-order valence-electron chi connectivity index (χ1n) is 10.1. The summed E-state index contributed by atoms with van der Waals surface area (Å²) in [5, 5.41) is 1.95. The molecule has 2 aromatic carbocycles. The summed E-state index contributed by atoms with van der Waals surface area (Å²) >= 11 is 1.15. The van der Waals surface area contributed by atoms with Crippen LogP contribution >= 0.6 is 11.3 Å². The third-order valence-electron chi connectivity index (χ3n) is 5.03. The molecule has 33 heavy (non-hydrogen) atoms. The van der Waals surface area contributed by atoms with Gasteiger partial charge in [0.2, 0.25) is 0 Å². The highest BCUT2D eigenvalue weighted by molar-refractivity contribution is 7.93. The van der Waals surface area contributed by atoms with Crippen molar-refractivity contribution in [3.63, 3.8) is 0 Å². The van der Waals surface area contributed by atoms with Crippen molar-refractivity contribution in [2.45, 2.75) is 18.2 Å². The summed E-state index contributed by atoms with van der Waals surface area (Å²) in [5.74, 6) is 1.11. The van der Waals surface area contributed by atoms with E-state index in [1.807, 2.05) is 19.1 Å². The van der Waals surface area contributed by atoms with Crippen LogP contribution in [-0.4, -0.2) is 46.7 Å². The standard InChI is InChI=1S/C22H23N3O6S2/c1-4-9-25-17-10-14(5-7-18(17)31-12-21(25)26)16-13-32-22(23-16)24-33(27,28)20-11-15(29-2)6-8-19(20)30-3/h5-8,10-11,13H,4,9,12H2,1-3H3,(H,23,24). The predicted molar refractivity (Wildman–Crippen MR) is 126 cm³/mol.